The molecule has 136 valence electrons. The Morgan fingerprint density at radius 2 is 2.08 bits per heavy atom. The monoisotopic (exact) mass is 342 g/mol. The van der Waals surface area contributed by atoms with Crippen molar-refractivity contribution >= 4 is 11.7 Å². The van der Waals surface area contributed by atoms with Crippen molar-refractivity contribution in [1.29, 1.82) is 0 Å². The molecule has 2 heterocycles. The van der Waals surface area contributed by atoms with Gasteiger partial charge in [0.15, 0.2) is 0 Å². The minimum Gasteiger partial charge on any atom is -0.444 e. The molecular weight excluding hydrogens is 312 g/mol. The van der Waals surface area contributed by atoms with Crippen LogP contribution in [-0.2, 0) is 4.74 Å². The smallest absolute Gasteiger partial charge is 0.410 e. The Morgan fingerprint density at radius 3 is 2.76 bits per heavy atom. The number of hydrogen-bond acceptors (Lipinski definition) is 3. The third kappa shape index (κ3) is 4.63. The molecule has 0 unspecified atom stereocenters. The van der Waals surface area contributed by atoms with Gasteiger partial charge in [0.2, 0.25) is 0 Å². The zero-order chi connectivity index (χ0) is 18.0. The van der Waals surface area contributed by atoms with Gasteiger partial charge in [-0.1, -0.05) is 31.2 Å². The first-order valence-corrected chi connectivity index (χ1v) is 9.32. The summed E-state index contributed by atoms with van der Waals surface area (Å²) in [5.41, 5.74) is 3.31. The van der Waals surface area contributed by atoms with Crippen LogP contribution in [0, 0.1) is 5.92 Å². The number of hydrogen-bond donors (Lipinski definition) is 1. The number of nitrogens with zero attached hydrogens (tertiary/aromatic N) is 1. The molecule has 0 bridgehead atoms. The molecule has 3 rings (SSSR count). The van der Waals surface area contributed by atoms with Gasteiger partial charge in [0.1, 0.15) is 5.60 Å². The number of amides is 1. The predicted octanol–water partition coefficient (Wildman–Crippen LogP) is 4.38. The predicted molar refractivity (Wildman–Crippen MR) is 101 cm³/mol. The molecule has 0 saturated carbocycles. The van der Waals surface area contributed by atoms with Gasteiger partial charge in [0, 0.05) is 19.1 Å². The quantitative estimate of drug-likeness (QED) is 0.867. The molecule has 1 aromatic carbocycles. The van der Waals surface area contributed by atoms with Gasteiger partial charge in [-0.15, -0.1) is 0 Å². The maximum atomic E-state index is 12.2. The second-order valence-corrected chi connectivity index (χ2v) is 8.36. The SMILES string of the molecule is C[C@H]1CC[C@H](c2cccc(C3=CCN(C(=O)OC(C)(C)C)C3)c2)NC1. The van der Waals surface area contributed by atoms with Crippen molar-refractivity contribution in [3.8, 4) is 0 Å². The lowest BCUT2D eigenvalue weighted by atomic mass is 9.91. The molecule has 1 fully saturated rings. The number of nitrogens with one attached hydrogen (secondary N) is 1. The van der Waals surface area contributed by atoms with E-state index in [4.69, 9.17) is 4.74 Å². The highest BCUT2D eigenvalue weighted by atomic mass is 16.6. The van der Waals surface area contributed by atoms with Crippen molar-refractivity contribution in [2.75, 3.05) is 19.6 Å². The first kappa shape index (κ1) is 18.0. The number of carbonyl (C=O) groups excluding carboxylic acids is 1. The summed E-state index contributed by atoms with van der Waals surface area (Å²) in [5.74, 6) is 0.763. The largest absolute Gasteiger partial charge is 0.444 e. The molecule has 2 atom stereocenters. The lowest BCUT2D eigenvalue weighted by Gasteiger charge is -2.28. The van der Waals surface area contributed by atoms with E-state index in [0.29, 0.717) is 19.1 Å². The van der Waals surface area contributed by atoms with Crippen molar-refractivity contribution in [3.63, 3.8) is 0 Å². The molecule has 2 aliphatic rings. The van der Waals surface area contributed by atoms with Gasteiger partial charge in [-0.2, -0.15) is 0 Å². The molecule has 4 nitrogen and oxygen atoms in total. The summed E-state index contributed by atoms with van der Waals surface area (Å²) in [5, 5.41) is 3.65. The first-order chi connectivity index (χ1) is 11.8. The summed E-state index contributed by atoms with van der Waals surface area (Å²) in [6.45, 7) is 10.3. The highest BCUT2D eigenvalue weighted by molar-refractivity contribution is 5.77. The molecule has 1 saturated heterocycles. The molecule has 2 aliphatic heterocycles. The van der Waals surface area contributed by atoms with Crippen LogP contribution in [0.5, 0.6) is 0 Å². The second-order valence-electron chi connectivity index (χ2n) is 8.36. The van der Waals surface area contributed by atoms with Crippen LogP contribution in [0.15, 0.2) is 30.3 Å². The van der Waals surface area contributed by atoms with Crippen LogP contribution in [0.3, 0.4) is 0 Å². The normalized spacial score (nSPS) is 24.2. The van der Waals surface area contributed by atoms with Gasteiger partial charge >= 0.3 is 6.09 Å². The zero-order valence-electron chi connectivity index (χ0n) is 15.8. The minimum atomic E-state index is -0.455. The second kappa shape index (κ2) is 7.20. The maximum absolute atomic E-state index is 12.2. The maximum Gasteiger partial charge on any atom is 0.410 e. The fraction of sp³-hybridized carbons (Fsp3) is 0.571. The number of piperidine rings is 1. The van der Waals surface area contributed by atoms with Crippen molar-refractivity contribution in [1.82, 2.24) is 10.2 Å². The number of benzene rings is 1. The van der Waals surface area contributed by atoms with Gasteiger partial charge in [-0.05, 0) is 68.8 Å². The van der Waals surface area contributed by atoms with E-state index in [1.807, 2.05) is 20.8 Å². The van der Waals surface area contributed by atoms with Crippen LogP contribution >= 0.6 is 0 Å². The lowest BCUT2D eigenvalue weighted by molar-refractivity contribution is 0.0306. The van der Waals surface area contributed by atoms with Gasteiger partial charge < -0.3 is 15.0 Å². The van der Waals surface area contributed by atoms with Gasteiger partial charge in [-0.25, -0.2) is 4.79 Å². The minimum absolute atomic E-state index is 0.238. The molecule has 0 aliphatic carbocycles. The van der Waals surface area contributed by atoms with Crippen LogP contribution in [0.4, 0.5) is 4.79 Å². The molecule has 25 heavy (non-hydrogen) atoms. The van der Waals surface area contributed by atoms with E-state index in [9.17, 15) is 4.79 Å². The van der Waals surface area contributed by atoms with Crippen molar-refractivity contribution in [2.45, 2.75) is 52.2 Å². The van der Waals surface area contributed by atoms with Gasteiger partial charge in [0.25, 0.3) is 0 Å². The van der Waals surface area contributed by atoms with Crippen LogP contribution < -0.4 is 5.32 Å². The molecule has 0 aromatic heterocycles. The first-order valence-electron chi connectivity index (χ1n) is 9.32. The molecule has 1 aromatic rings. The summed E-state index contributed by atoms with van der Waals surface area (Å²) < 4.78 is 5.48. The molecule has 1 N–H and O–H groups in total. The van der Waals surface area contributed by atoms with E-state index in [2.05, 4.69) is 42.6 Å². The molecule has 4 heteroatoms. The van der Waals surface area contributed by atoms with E-state index in [0.717, 1.165) is 12.5 Å². The Kier molecular flexibility index (Phi) is 5.19. The number of rotatable bonds is 2. The number of carbonyl (C=O) groups is 1. The Hall–Kier alpha value is -1.81. The van der Waals surface area contributed by atoms with E-state index in [-0.39, 0.29) is 6.09 Å². The molecular formula is C21H30N2O2. The molecule has 1 amide bonds. The van der Waals surface area contributed by atoms with E-state index in [1.54, 1.807) is 4.90 Å². The summed E-state index contributed by atoms with van der Waals surface area (Å²) in [7, 11) is 0. The summed E-state index contributed by atoms with van der Waals surface area (Å²) >= 11 is 0. The Balaban J connectivity index is 1.65. The highest BCUT2D eigenvalue weighted by Crippen LogP contribution is 2.29. The van der Waals surface area contributed by atoms with E-state index < -0.39 is 5.60 Å². The Bertz CT molecular complexity index is 652. The Morgan fingerprint density at radius 1 is 1.28 bits per heavy atom. The van der Waals surface area contributed by atoms with Crippen LogP contribution in [0.2, 0.25) is 0 Å². The average Bonchev–Trinajstić information content (AvgIpc) is 3.04. The fourth-order valence-electron chi connectivity index (χ4n) is 3.47. The summed E-state index contributed by atoms with van der Waals surface area (Å²) in [4.78, 5) is 14.0. The van der Waals surface area contributed by atoms with Gasteiger partial charge in [0.05, 0.1) is 0 Å². The molecule has 0 spiro atoms. The lowest BCUT2D eigenvalue weighted by Crippen LogP contribution is -2.35. The Labute approximate surface area is 151 Å². The van der Waals surface area contributed by atoms with E-state index in [1.165, 1.54) is 29.5 Å². The summed E-state index contributed by atoms with van der Waals surface area (Å²) in [6, 6.07) is 9.19. The van der Waals surface area contributed by atoms with Crippen molar-refractivity contribution in [3.05, 3.63) is 41.5 Å². The van der Waals surface area contributed by atoms with Gasteiger partial charge in [-0.3, -0.25) is 0 Å². The standard InChI is InChI=1S/C21H30N2O2/c1-15-8-9-19(22-13-15)17-7-5-6-16(12-17)18-10-11-23(14-18)20(24)25-21(2,3)4/h5-7,10,12,15,19,22H,8-9,11,13-14H2,1-4H3/t15-,19+/m0/s1. The third-order valence-electron chi connectivity index (χ3n) is 4.89. The van der Waals surface area contributed by atoms with E-state index >= 15 is 0 Å². The molecule has 0 radical (unpaired) electrons. The summed E-state index contributed by atoms with van der Waals surface area (Å²) in [6.07, 6.45) is 4.36. The van der Waals surface area contributed by atoms with Crippen LogP contribution in [0.25, 0.3) is 5.57 Å². The van der Waals surface area contributed by atoms with Crippen molar-refractivity contribution in [2.24, 2.45) is 5.92 Å². The topological polar surface area (TPSA) is 41.6 Å². The average molecular weight is 342 g/mol. The number of ether oxygens (including phenoxy) is 1. The van der Waals surface area contributed by atoms with Crippen LogP contribution in [-0.4, -0.2) is 36.2 Å². The fourth-order valence-corrected chi connectivity index (χ4v) is 3.47. The van der Waals surface area contributed by atoms with Crippen LogP contribution in [0.1, 0.15) is 57.7 Å². The third-order valence-corrected chi connectivity index (χ3v) is 4.89. The van der Waals surface area contributed by atoms with Crippen molar-refractivity contribution < 1.29 is 9.53 Å². The highest BCUT2D eigenvalue weighted by Gasteiger charge is 2.26. The zero-order valence-corrected chi connectivity index (χ0v) is 15.8.